The molecule has 0 radical (unpaired) electrons. The summed E-state index contributed by atoms with van der Waals surface area (Å²) in [4.78, 5) is 0. The lowest BCUT2D eigenvalue weighted by Crippen LogP contribution is -2.60. The van der Waals surface area contributed by atoms with Crippen LogP contribution >= 0.6 is 0 Å². The zero-order valence-corrected chi connectivity index (χ0v) is 18.3. The highest BCUT2D eigenvalue weighted by Gasteiger charge is 2.57. The molecule has 0 N–H and O–H groups in total. The Labute approximate surface area is 185 Å². The van der Waals surface area contributed by atoms with E-state index in [1.807, 2.05) is 0 Å². The van der Waals surface area contributed by atoms with Gasteiger partial charge in [0.25, 0.3) is 5.97 Å². The van der Waals surface area contributed by atoms with E-state index in [1.165, 1.54) is 11.1 Å². The Morgan fingerprint density at radius 2 is 1.26 bits per heavy atom. The second kappa shape index (κ2) is 8.06. The quantitative estimate of drug-likeness (QED) is 0.653. The Morgan fingerprint density at radius 3 is 1.68 bits per heavy atom. The zero-order valence-electron chi connectivity index (χ0n) is 18.3. The highest BCUT2D eigenvalue weighted by atomic mass is 16.9. The molecule has 0 unspecified atom stereocenters. The van der Waals surface area contributed by atoms with Crippen LogP contribution in [0.2, 0.25) is 0 Å². The third-order valence-corrected chi connectivity index (χ3v) is 7.37. The summed E-state index contributed by atoms with van der Waals surface area (Å²) in [5.74, 6) is -0.168. The van der Waals surface area contributed by atoms with Crippen molar-refractivity contribution in [3.8, 4) is 6.07 Å². The minimum Gasteiger partial charge on any atom is -0.327 e. The highest BCUT2D eigenvalue weighted by Crippen LogP contribution is 2.54. The molecule has 4 heteroatoms. The van der Waals surface area contributed by atoms with Crippen LogP contribution < -0.4 is 0 Å². The van der Waals surface area contributed by atoms with Gasteiger partial charge in [-0.3, -0.25) is 0 Å². The first-order valence-corrected chi connectivity index (χ1v) is 11.4. The van der Waals surface area contributed by atoms with Gasteiger partial charge in [-0.1, -0.05) is 67.6 Å². The first-order chi connectivity index (χ1) is 15.0. The van der Waals surface area contributed by atoms with E-state index in [-0.39, 0.29) is 5.41 Å². The summed E-state index contributed by atoms with van der Waals surface area (Å²) in [5, 5.41) is 10.4. The third kappa shape index (κ3) is 4.28. The van der Waals surface area contributed by atoms with Gasteiger partial charge >= 0.3 is 0 Å². The standard InChI is InChI=1S/C27H31NO3/c1-25-18-29-27(30-19-25,31-20-25)16-26(17-28)14-23(12-21-8-4-2-5-9-21)24(15-26)13-22-10-6-3-7-11-22/h2-11,23-24H,12-16,18-20H2,1H3/t23-,24-,25?,27?/m0/s1. The molecule has 0 aromatic heterocycles. The maximum absolute atomic E-state index is 10.4. The van der Waals surface area contributed by atoms with Gasteiger partial charge in [-0.25, -0.2) is 0 Å². The first kappa shape index (κ1) is 20.7. The van der Waals surface area contributed by atoms with E-state index in [9.17, 15) is 5.26 Å². The van der Waals surface area contributed by atoms with Crippen molar-refractivity contribution in [2.24, 2.45) is 22.7 Å². The van der Waals surface area contributed by atoms with Crippen LogP contribution in [0.25, 0.3) is 0 Å². The number of fused-ring (bicyclic) bond motifs is 3. The molecule has 2 aromatic rings. The molecule has 3 saturated heterocycles. The predicted octanol–water partition coefficient (Wildman–Crippen LogP) is 5.14. The van der Waals surface area contributed by atoms with Crippen LogP contribution in [0.1, 0.15) is 37.3 Å². The van der Waals surface area contributed by atoms with Gasteiger partial charge in [0.05, 0.1) is 31.3 Å². The van der Waals surface area contributed by atoms with E-state index in [1.54, 1.807) is 0 Å². The predicted molar refractivity (Wildman–Crippen MR) is 118 cm³/mol. The average molecular weight is 418 g/mol. The number of hydrogen-bond acceptors (Lipinski definition) is 4. The number of rotatable bonds is 6. The summed E-state index contributed by atoms with van der Waals surface area (Å²) in [7, 11) is 0. The van der Waals surface area contributed by atoms with E-state index in [2.05, 4.69) is 73.7 Å². The smallest absolute Gasteiger partial charge is 0.284 e. The lowest BCUT2D eigenvalue weighted by Gasteiger charge is -2.51. The lowest BCUT2D eigenvalue weighted by molar-refractivity contribution is -0.472. The van der Waals surface area contributed by atoms with Crippen molar-refractivity contribution >= 4 is 0 Å². The Hall–Kier alpha value is -2.19. The molecule has 1 saturated carbocycles. The second-order valence-corrected chi connectivity index (χ2v) is 10.2. The maximum atomic E-state index is 10.4. The van der Waals surface area contributed by atoms with Crippen molar-refractivity contribution in [3.05, 3.63) is 71.8 Å². The Balaban J connectivity index is 1.38. The Kier molecular flexibility index (Phi) is 5.38. The van der Waals surface area contributed by atoms with Gasteiger partial charge in [0.1, 0.15) is 0 Å². The number of benzene rings is 2. The van der Waals surface area contributed by atoms with Gasteiger partial charge in [-0.2, -0.15) is 5.26 Å². The molecule has 2 bridgehead atoms. The van der Waals surface area contributed by atoms with Gasteiger partial charge in [0.2, 0.25) is 0 Å². The fraction of sp³-hybridized carbons (Fsp3) is 0.519. The largest absolute Gasteiger partial charge is 0.327 e. The minimum atomic E-state index is -1.05. The number of hydrogen-bond donors (Lipinski definition) is 0. The van der Waals surface area contributed by atoms with E-state index < -0.39 is 11.4 Å². The maximum Gasteiger partial charge on any atom is 0.284 e. The van der Waals surface area contributed by atoms with Crippen molar-refractivity contribution in [2.45, 2.75) is 45.0 Å². The lowest BCUT2D eigenvalue weighted by atomic mass is 9.80. The molecule has 4 fully saturated rings. The Morgan fingerprint density at radius 1 is 0.806 bits per heavy atom. The molecule has 4 aliphatic rings. The summed E-state index contributed by atoms with van der Waals surface area (Å²) in [6, 6.07) is 24.0. The van der Waals surface area contributed by atoms with Crippen molar-refractivity contribution < 1.29 is 14.2 Å². The molecule has 4 nitrogen and oxygen atoms in total. The molecule has 3 heterocycles. The molecule has 1 aliphatic carbocycles. The molecule has 0 spiro atoms. The topological polar surface area (TPSA) is 51.5 Å². The highest BCUT2D eigenvalue weighted by molar-refractivity contribution is 5.21. The van der Waals surface area contributed by atoms with E-state index in [4.69, 9.17) is 14.2 Å². The van der Waals surface area contributed by atoms with Crippen LogP contribution in [-0.2, 0) is 27.1 Å². The Bertz CT molecular complexity index is 862. The minimum absolute atomic E-state index is 0.0665. The van der Waals surface area contributed by atoms with E-state index in [0.717, 1.165) is 25.7 Å². The van der Waals surface area contributed by atoms with Crippen LogP contribution in [0.3, 0.4) is 0 Å². The fourth-order valence-corrected chi connectivity index (χ4v) is 5.68. The molecule has 2 aromatic carbocycles. The number of nitriles is 1. The molecular formula is C27H31NO3. The van der Waals surface area contributed by atoms with Gasteiger partial charge in [-0.05, 0) is 48.6 Å². The van der Waals surface area contributed by atoms with Crippen LogP contribution in [0.5, 0.6) is 0 Å². The van der Waals surface area contributed by atoms with E-state index >= 15 is 0 Å². The van der Waals surface area contributed by atoms with Gasteiger partial charge in [0.15, 0.2) is 0 Å². The molecule has 31 heavy (non-hydrogen) atoms. The summed E-state index contributed by atoms with van der Waals surface area (Å²) in [6.07, 6.45) is 4.18. The molecular weight excluding hydrogens is 386 g/mol. The van der Waals surface area contributed by atoms with Gasteiger partial charge in [0, 0.05) is 11.8 Å². The first-order valence-electron chi connectivity index (χ1n) is 11.4. The summed E-state index contributed by atoms with van der Waals surface area (Å²) >= 11 is 0. The average Bonchev–Trinajstić information content (AvgIpc) is 3.13. The molecule has 3 aliphatic heterocycles. The summed E-state index contributed by atoms with van der Waals surface area (Å²) < 4.78 is 18.2. The normalized spacial score (nSPS) is 33.8. The van der Waals surface area contributed by atoms with Crippen molar-refractivity contribution in [3.63, 3.8) is 0 Å². The van der Waals surface area contributed by atoms with Crippen LogP contribution in [-0.4, -0.2) is 25.8 Å². The van der Waals surface area contributed by atoms with Crippen molar-refractivity contribution in [1.82, 2.24) is 0 Å². The number of ether oxygens (including phenoxy) is 3. The molecule has 162 valence electrons. The fourth-order valence-electron chi connectivity index (χ4n) is 5.68. The second-order valence-electron chi connectivity index (χ2n) is 10.2. The zero-order chi connectivity index (χ0) is 21.4. The summed E-state index contributed by atoms with van der Waals surface area (Å²) in [6.45, 7) is 4.03. The SMILES string of the molecule is CC12COC(CC3(C#N)C[C@H](Cc4ccccc4)[C@@H](Cc4ccccc4)C3)(OC1)OC2. The van der Waals surface area contributed by atoms with Crippen molar-refractivity contribution in [2.75, 3.05) is 19.8 Å². The molecule has 2 atom stereocenters. The van der Waals surface area contributed by atoms with Crippen LogP contribution in [0.4, 0.5) is 0 Å². The van der Waals surface area contributed by atoms with Crippen LogP contribution in [0, 0.1) is 34.0 Å². The van der Waals surface area contributed by atoms with Crippen molar-refractivity contribution in [1.29, 1.82) is 5.26 Å². The third-order valence-electron chi connectivity index (χ3n) is 7.37. The van der Waals surface area contributed by atoms with Crippen LogP contribution in [0.15, 0.2) is 60.7 Å². The summed E-state index contributed by atoms with van der Waals surface area (Å²) in [5.41, 5.74) is 2.12. The molecule has 6 rings (SSSR count). The van der Waals surface area contributed by atoms with Gasteiger partial charge < -0.3 is 14.2 Å². The molecule has 0 amide bonds. The number of nitrogens with zero attached hydrogens (tertiary/aromatic N) is 1. The van der Waals surface area contributed by atoms with E-state index in [0.29, 0.717) is 38.1 Å². The van der Waals surface area contributed by atoms with Gasteiger partial charge in [-0.15, -0.1) is 0 Å². The monoisotopic (exact) mass is 417 g/mol.